The number of unbranched alkanes of at least 4 members (excludes halogenated alkanes) is 3. The number of rotatable bonds is 13. The van der Waals surface area contributed by atoms with E-state index in [2.05, 4.69) is 24.5 Å². The van der Waals surface area contributed by atoms with Gasteiger partial charge >= 0.3 is 0 Å². The molecular formula is C16H30N2O3S. The van der Waals surface area contributed by atoms with Gasteiger partial charge in [-0.05, 0) is 12.8 Å². The monoisotopic (exact) mass is 330 g/mol. The van der Waals surface area contributed by atoms with Crippen LogP contribution in [0.3, 0.4) is 0 Å². The van der Waals surface area contributed by atoms with Gasteiger partial charge < -0.3 is 10.6 Å². The van der Waals surface area contributed by atoms with Crippen LogP contribution in [-0.2, 0) is 14.4 Å². The van der Waals surface area contributed by atoms with Crippen LogP contribution in [0.4, 0.5) is 0 Å². The molecule has 0 aliphatic rings. The quantitative estimate of drug-likeness (QED) is 0.509. The van der Waals surface area contributed by atoms with Crippen LogP contribution in [0.2, 0.25) is 0 Å². The number of nitrogens with one attached hydrogen (secondary N) is 2. The molecule has 0 spiro atoms. The van der Waals surface area contributed by atoms with Crippen molar-refractivity contribution in [1.29, 1.82) is 0 Å². The van der Waals surface area contributed by atoms with E-state index in [1.807, 2.05) is 0 Å². The summed E-state index contributed by atoms with van der Waals surface area (Å²) in [5, 5.41) is 5.60. The zero-order valence-electron chi connectivity index (χ0n) is 13.9. The smallest absolute Gasteiger partial charge is 0.220 e. The Labute approximate surface area is 138 Å². The highest BCUT2D eigenvalue weighted by Crippen LogP contribution is 2.09. The van der Waals surface area contributed by atoms with Gasteiger partial charge in [0, 0.05) is 38.1 Å². The van der Waals surface area contributed by atoms with Crippen LogP contribution >= 0.6 is 11.8 Å². The molecule has 128 valence electrons. The lowest BCUT2D eigenvalue weighted by molar-refractivity contribution is -0.123. The maximum atomic E-state index is 11.6. The largest absolute Gasteiger partial charge is 0.356 e. The maximum Gasteiger partial charge on any atom is 0.220 e. The minimum absolute atomic E-state index is 0.00582. The first-order valence-corrected chi connectivity index (χ1v) is 9.27. The van der Waals surface area contributed by atoms with E-state index in [4.69, 9.17) is 0 Å². The van der Waals surface area contributed by atoms with Crippen molar-refractivity contribution in [3.8, 4) is 0 Å². The Morgan fingerprint density at radius 3 is 2.00 bits per heavy atom. The van der Waals surface area contributed by atoms with Gasteiger partial charge in [0.05, 0.1) is 0 Å². The van der Waals surface area contributed by atoms with Crippen LogP contribution in [0, 0.1) is 0 Å². The molecule has 0 fully saturated rings. The van der Waals surface area contributed by atoms with Crippen LogP contribution in [0.5, 0.6) is 0 Å². The summed E-state index contributed by atoms with van der Waals surface area (Å²) in [6.45, 7) is 5.57. The number of carbonyl (C=O) groups is 3. The van der Waals surface area contributed by atoms with Gasteiger partial charge in [0.1, 0.15) is 0 Å². The van der Waals surface area contributed by atoms with Gasteiger partial charge in [0.2, 0.25) is 11.8 Å². The van der Waals surface area contributed by atoms with Gasteiger partial charge in [-0.1, -0.05) is 44.9 Å². The van der Waals surface area contributed by atoms with Gasteiger partial charge in [-0.3, -0.25) is 14.4 Å². The molecule has 0 rings (SSSR count). The van der Waals surface area contributed by atoms with Crippen molar-refractivity contribution in [2.24, 2.45) is 0 Å². The Kier molecular flexibility index (Phi) is 14.2. The molecule has 0 saturated carbocycles. The second-order valence-corrected chi connectivity index (χ2v) is 6.38. The van der Waals surface area contributed by atoms with Crippen LogP contribution < -0.4 is 10.6 Å². The Morgan fingerprint density at radius 2 is 1.36 bits per heavy atom. The first kappa shape index (κ1) is 21.0. The van der Waals surface area contributed by atoms with Gasteiger partial charge in [-0.15, -0.1) is 0 Å². The fourth-order valence-electron chi connectivity index (χ4n) is 1.73. The van der Waals surface area contributed by atoms with E-state index >= 15 is 0 Å². The summed E-state index contributed by atoms with van der Waals surface area (Å²) >= 11 is 1.14. The summed E-state index contributed by atoms with van der Waals surface area (Å²) in [5.74, 6) is 0.403. The molecule has 0 radical (unpaired) electrons. The molecule has 0 heterocycles. The molecule has 0 aromatic carbocycles. The number of hydrogen-bond acceptors (Lipinski definition) is 4. The van der Waals surface area contributed by atoms with E-state index in [-0.39, 0.29) is 29.8 Å². The minimum Gasteiger partial charge on any atom is -0.356 e. The van der Waals surface area contributed by atoms with Crippen LogP contribution in [0.25, 0.3) is 0 Å². The first-order valence-electron chi connectivity index (χ1n) is 8.29. The van der Waals surface area contributed by atoms with Crippen molar-refractivity contribution < 1.29 is 14.4 Å². The number of amides is 2. The average Bonchev–Trinajstić information content (AvgIpc) is 2.50. The average molecular weight is 330 g/mol. The van der Waals surface area contributed by atoms with Crippen molar-refractivity contribution in [3.63, 3.8) is 0 Å². The third-order valence-electron chi connectivity index (χ3n) is 3.10. The number of carbonyl (C=O) groups excluding carboxylic acids is 3. The minimum atomic E-state index is -0.0731. The molecule has 0 aliphatic heterocycles. The molecule has 2 amide bonds. The zero-order chi connectivity index (χ0) is 16.6. The summed E-state index contributed by atoms with van der Waals surface area (Å²) in [5.41, 5.74) is 0. The molecule has 0 unspecified atom stereocenters. The lowest BCUT2D eigenvalue weighted by Crippen LogP contribution is -2.25. The van der Waals surface area contributed by atoms with Crippen molar-refractivity contribution in [1.82, 2.24) is 10.6 Å². The highest BCUT2D eigenvalue weighted by Gasteiger charge is 2.08. The van der Waals surface area contributed by atoms with Gasteiger partial charge in [-0.2, -0.15) is 0 Å². The van der Waals surface area contributed by atoms with Crippen molar-refractivity contribution in [2.45, 2.75) is 65.2 Å². The molecular weight excluding hydrogens is 300 g/mol. The van der Waals surface area contributed by atoms with E-state index < -0.39 is 0 Å². The molecule has 2 N–H and O–H groups in total. The van der Waals surface area contributed by atoms with E-state index in [1.54, 1.807) is 0 Å². The predicted molar refractivity (Wildman–Crippen MR) is 91.8 cm³/mol. The Hall–Kier alpha value is -1.04. The summed E-state index contributed by atoms with van der Waals surface area (Å²) < 4.78 is 0. The number of thioether (sulfide) groups is 1. The lowest BCUT2D eigenvalue weighted by Gasteiger charge is -2.05. The molecule has 0 aliphatic carbocycles. The normalized spacial score (nSPS) is 10.3. The standard InChI is InChI=1S/C16H30N2O3S/c1-3-5-7-12-18-15(20)10-13-22-16(21)9-8-14(19)17-11-6-4-2/h3-13H2,1-2H3,(H,17,19)(H,18,20). The Balaban J connectivity index is 3.52. The molecule has 0 saturated heterocycles. The van der Waals surface area contributed by atoms with Crippen molar-refractivity contribution >= 4 is 28.7 Å². The second kappa shape index (κ2) is 14.9. The van der Waals surface area contributed by atoms with Gasteiger partial charge in [-0.25, -0.2) is 0 Å². The fraction of sp³-hybridized carbons (Fsp3) is 0.812. The molecule has 5 nitrogen and oxygen atoms in total. The Morgan fingerprint density at radius 1 is 0.773 bits per heavy atom. The molecule has 0 bridgehead atoms. The summed E-state index contributed by atoms with van der Waals surface area (Å²) in [6, 6.07) is 0. The van der Waals surface area contributed by atoms with Crippen molar-refractivity contribution in [2.75, 3.05) is 18.8 Å². The summed E-state index contributed by atoms with van der Waals surface area (Å²) in [4.78, 5) is 34.5. The third kappa shape index (κ3) is 13.9. The molecule has 0 aromatic heterocycles. The Bertz CT molecular complexity index is 335. The fourth-order valence-corrected chi connectivity index (χ4v) is 2.49. The van der Waals surface area contributed by atoms with Crippen LogP contribution in [0.1, 0.15) is 65.2 Å². The molecule has 22 heavy (non-hydrogen) atoms. The second-order valence-electron chi connectivity index (χ2n) is 5.23. The van der Waals surface area contributed by atoms with E-state index in [9.17, 15) is 14.4 Å². The maximum absolute atomic E-state index is 11.6. The molecule has 6 heteroatoms. The summed E-state index contributed by atoms with van der Waals surface area (Å²) in [7, 11) is 0. The third-order valence-corrected chi connectivity index (χ3v) is 4.04. The van der Waals surface area contributed by atoms with Gasteiger partial charge in [0.15, 0.2) is 5.12 Å². The lowest BCUT2D eigenvalue weighted by atomic mass is 10.2. The molecule has 0 atom stereocenters. The van der Waals surface area contributed by atoms with Gasteiger partial charge in [0.25, 0.3) is 0 Å². The first-order chi connectivity index (χ1) is 10.6. The zero-order valence-corrected chi connectivity index (χ0v) is 14.7. The summed E-state index contributed by atoms with van der Waals surface area (Å²) in [6.07, 6.45) is 6.07. The van der Waals surface area contributed by atoms with E-state index in [0.29, 0.717) is 25.3 Å². The van der Waals surface area contributed by atoms with Crippen LogP contribution in [-0.4, -0.2) is 35.8 Å². The predicted octanol–water partition coefficient (Wildman–Crippen LogP) is 2.64. The van der Waals surface area contributed by atoms with E-state index in [0.717, 1.165) is 43.9 Å². The van der Waals surface area contributed by atoms with Crippen molar-refractivity contribution in [3.05, 3.63) is 0 Å². The van der Waals surface area contributed by atoms with Crippen LogP contribution in [0.15, 0.2) is 0 Å². The van der Waals surface area contributed by atoms with E-state index in [1.165, 1.54) is 0 Å². The topological polar surface area (TPSA) is 75.3 Å². The molecule has 0 aromatic rings. The SMILES string of the molecule is CCCCCNC(=O)CCSC(=O)CCC(=O)NCCCC. The highest BCUT2D eigenvalue weighted by molar-refractivity contribution is 8.13. The number of hydrogen-bond donors (Lipinski definition) is 2. The highest BCUT2D eigenvalue weighted by atomic mass is 32.2.